The van der Waals surface area contributed by atoms with E-state index in [1.165, 1.54) is 27.1 Å². The Kier molecular flexibility index (Phi) is 6.56. The smallest absolute Gasteiger partial charge is 0.295 e. The minimum Gasteiger partial charge on any atom is -0.493 e. The molecule has 2 aliphatic rings. The number of hydrogen-bond donors (Lipinski definition) is 1. The number of halogens is 1. The number of aromatic nitrogens is 1. The summed E-state index contributed by atoms with van der Waals surface area (Å²) in [5.41, 5.74) is 2.02. The molecule has 2 atom stereocenters. The molecule has 5 rings (SSSR count). The Labute approximate surface area is 225 Å². The number of carbonyl (C=O) groups excluding carboxylic acids is 1. The molecule has 1 saturated carbocycles. The van der Waals surface area contributed by atoms with Gasteiger partial charge in [-0.2, -0.15) is 0 Å². The average molecular weight is 570 g/mol. The first-order valence-corrected chi connectivity index (χ1v) is 13.2. The first-order valence-electron chi connectivity index (χ1n) is 12.5. The predicted octanol–water partition coefficient (Wildman–Crippen LogP) is 6.91. The first kappa shape index (κ1) is 25.7. The Balaban J connectivity index is 1.47. The van der Waals surface area contributed by atoms with E-state index in [1.807, 2.05) is 22.8 Å². The molecule has 2 unspecified atom stereocenters. The van der Waals surface area contributed by atoms with Crippen LogP contribution < -0.4 is 9.47 Å². The fourth-order valence-corrected chi connectivity index (χ4v) is 6.94. The summed E-state index contributed by atoms with van der Waals surface area (Å²) in [7, 11) is 3.04. The molecule has 3 aromatic rings. The topological polar surface area (TPSA) is 88.7 Å². The maximum Gasteiger partial charge on any atom is 0.295 e. The molecule has 1 amide bonds. The fourth-order valence-electron chi connectivity index (χ4n) is 6.58. The number of azo groups is 1. The Hall–Kier alpha value is -2.91. The fraction of sp³-hybridized carbons (Fsp3) is 0.464. The Bertz CT molecular complexity index is 1400. The third-order valence-corrected chi connectivity index (χ3v) is 8.18. The molecule has 1 saturated heterocycles. The molecule has 196 valence electrons. The number of fused-ring (bicyclic) bond motifs is 3. The van der Waals surface area contributed by atoms with Crippen LogP contribution in [0.15, 0.2) is 51.1 Å². The Morgan fingerprint density at radius 3 is 2.59 bits per heavy atom. The van der Waals surface area contributed by atoms with Gasteiger partial charge in [0.2, 0.25) is 5.88 Å². The highest BCUT2D eigenvalue weighted by atomic mass is 79.9. The van der Waals surface area contributed by atoms with E-state index in [0.717, 1.165) is 28.3 Å². The number of rotatable bonds is 6. The van der Waals surface area contributed by atoms with Gasteiger partial charge in [0, 0.05) is 28.0 Å². The third-order valence-electron chi connectivity index (χ3n) is 7.69. The zero-order chi connectivity index (χ0) is 26.5. The molecule has 0 spiro atoms. The van der Waals surface area contributed by atoms with Crippen molar-refractivity contribution >= 4 is 38.4 Å². The SMILES string of the molecule is COc1ccc(C(=O)N=Nc2c(O)n(CN3CC4(C)CC3CC(C)(C)C4)c3ccc(Br)cc23)cc1OC. The summed E-state index contributed by atoms with van der Waals surface area (Å²) in [6, 6.07) is 11.1. The monoisotopic (exact) mass is 568 g/mol. The highest BCUT2D eigenvalue weighted by Crippen LogP contribution is 2.53. The second kappa shape index (κ2) is 9.44. The standard InChI is InChI=1S/C28H33BrN4O4/c1-27(2)12-19-13-28(3,14-27)15-32(19)16-33-21-8-7-18(29)11-20(21)24(26(33)35)30-31-25(34)17-6-9-22(36-4)23(10-17)37-5/h6-11,19,35H,12-16H2,1-5H3. The third kappa shape index (κ3) is 4.86. The molecule has 2 bridgehead atoms. The second-order valence-electron chi connectivity index (χ2n) is 11.4. The van der Waals surface area contributed by atoms with Crippen LogP contribution in [0.3, 0.4) is 0 Å². The summed E-state index contributed by atoms with van der Waals surface area (Å²) in [5.74, 6) is 0.410. The molecule has 1 aliphatic heterocycles. The van der Waals surface area contributed by atoms with Gasteiger partial charge in [-0.25, -0.2) is 0 Å². The number of ether oxygens (including phenoxy) is 2. The zero-order valence-corrected chi connectivity index (χ0v) is 23.5. The summed E-state index contributed by atoms with van der Waals surface area (Å²) in [4.78, 5) is 15.3. The van der Waals surface area contributed by atoms with E-state index in [2.05, 4.69) is 51.8 Å². The van der Waals surface area contributed by atoms with Crippen molar-refractivity contribution < 1.29 is 19.4 Å². The van der Waals surface area contributed by atoms with Crippen molar-refractivity contribution in [2.75, 3.05) is 20.8 Å². The van der Waals surface area contributed by atoms with Crippen LogP contribution in [0.25, 0.3) is 10.9 Å². The van der Waals surface area contributed by atoms with Gasteiger partial charge in [-0.1, -0.05) is 36.7 Å². The van der Waals surface area contributed by atoms with Crippen molar-refractivity contribution in [2.45, 2.75) is 52.7 Å². The van der Waals surface area contributed by atoms with E-state index in [1.54, 1.807) is 18.2 Å². The average Bonchev–Trinajstić information content (AvgIpc) is 3.24. The van der Waals surface area contributed by atoms with Crippen LogP contribution in [0.5, 0.6) is 17.4 Å². The molecule has 1 aliphatic carbocycles. The summed E-state index contributed by atoms with van der Waals surface area (Å²) in [6.07, 6.45) is 3.52. The van der Waals surface area contributed by atoms with Gasteiger partial charge in [0.1, 0.15) is 0 Å². The Morgan fingerprint density at radius 2 is 1.86 bits per heavy atom. The van der Waals surface area contributed by atoms with Gasteiger partial charge in [-0.15, -0.1) is 10.2 Å². The van der Waals surface area contributed by atoms with Crippen LogP contribution >= 0.6 is 15.9 Å². The molecule has 2 aromatic carbocycles. The number of nitrogens with zero attached hydrogens (tertiary/aromatic N) is 4. The predicted molar refractivity (Wildman–Crippen MR) is 146 cm³/mol. The number of carbonyl (C=O) groups is 1. The number of hydrogen-bond acceptors (Lipinski definition) is 6. The normalized spacial score (nSPS) is 23.1. The molecular formula is C28H33BrN4O4. The van der Waals surface area contributed by atoms with Crippen LogP contribution in [0.4, 0.5) is 5.69 Å². The van der Waals surface area contributed by atoms with E-state index in [4.69, 9.17) is 9.47 Å². The van der Waals surface area contributed by atoms with E-state index in [-0.39, 0.29) is 17.0 Å². The molecule has 2 fully saturated rings. The minimum absolute atomic E-state index is 0.00261. The van der Waals surface area contributed by atoms with Crippen LogP contribution in [-0.4, -0.2) is 47.3 Å². The molecule has 1 aromatic heterocycles. The van der Waals surface area contributed by atoms with Crippen molar-refractivity contribution in [3.05, 3.63) is 46.4 Å². The molecule has 9 heteroatoms. The van der Waals surface area contributed by atoms with E-state index >= 15 is 0 Å². The number of benzene rings is 2. The van der Waals surface area contributed by atoms with E-state index in [0.29, 0.717) is 35.2 Å². The maximum atomic E-state index is 12.8. The molecular weight excluding hydrogens is 536 g/mol. The lowest BCUT2D eigenvalue weighted by Gasteiger charge is -2.40. The van der Waals surface area contributed by atoms with Crippen molar-refractivity contribution in [2.24, 2.45) is 21.1 Å². The first-order chi connectivity index (χ1) is 17.5. The summed E-state index contributed by atoms with van der Waals surface area (Å²) < 4.78 is 13.3. The van der Waals surface area contributed by atoms with Gasteiger partial charge in [-0.05, 0) is 66.5 Å². The lowest BCUT2D eigenvalue weighted by molar-refractivity contribution is 0.0994. The molecule has 8 nitrogen and oxygen atoms in total. The van der Waals surface area contributed by atoms with Gasteiger partial charge < -0.3 is 14.6 Å². The van der Waals surface area contributed by atoms with Crippen LogP contribution in [0.2, 0.25) is 0 Å². The van der Waals surface area contributed by atoms with Crippen LogP contribution in [0, 0.1) is 10.8 Å². The van der Waals surface area contributed by atoms with E-state index in [9.17, 15) is 9.90 Å². The van der Waals surface area contributed by atoms with Crippen LogP contribution in [-0.2, 0) is 6.67 Å². The van der Waals surface area contributed by atoms with Gasteiger partial charge >= 0.3 is 0 Å². The van der Waals surface area contributed by atoms with Gasteiger partial charge in [0.05, 0.1) is 26.4 Å². The lowest BCUT2D eigenvalue weighted by atomic mass is 9.65. The second-order valence-corrected chi connectivity index (χ2v) is 12.4. The number of methoxy groups -OCH3 is 2. The zero-order valence-electron chi connectivity index (χ0n) is 21.9. The maximum absolute atomic E-state index is 12.8. The minimum atomic E-state index is -0.542. The number of likely N-dealkylation sites (tertiary alicyclic amines) is 1. The van der Waals surface area contributed by atoms with Gasteiger partial charge in [-0.3, -0.25) is 14.3 Å². The molecule has 0 radical (unpaired) electrons. The van der Waals surface area contributed by atoms with Gasteiger partial charge in [0.15, 0.2) is 17.2 Å². The highest BCUT2D eigenvalue weighted by Gasteiger charge is 2.49. The van der Waals surface area contributed by atoms with Gasteiger partial charge in [0.25, 0.3) is 5.91 Å². The lowest BCUT2D eigenvalue weighted by Crippen LogP contribution is -2.35. The summed E-state index contributed by atoms with van der Waals surface area (Å²) in [6.45, 7) is 8.64. The number of amides is 1. The van der Waals surface area contributed by atoms with Crippen molar-refractivity contribution in [1.29, 1.82) is 0 Å². The molecule has 37 heavy (non-hydrogen) atoms. The Morgan fingerprint density at radius 1 is 1.11 bits per heavy atom. The summed E-state index contributed by atoms with van der Waals surface area (Å²) >= 11 is 3.52. The largest absolute Gasteiger partial charge is 0.493 e. The van der Waals surface area contributed by atoms with Crippen molar-refractivity contribution in [1.82, 2.24) is 9.47 Å². The van der Waals surface area contributed by atoms with Crippen molar-refractivity contribution in [3.8, 4) is 17.4 Å². The highest BCUT2D eigenvalue weighted by molar-refractivity contribution is 9.10. The number of aromatic hydroxyl groups is 1. The molecule has 2 heterocycles. The quantitative estimate of drug-likeness (QED) is 0.326. The summed E-state index contributed by atoms with van der Waals surface area (Å²) in [5, 5.41) is 20.2. The van der Waals surface area contributed by atoms with Crippen molar-refractivity contribution in [3.63, 3.8) is 0 Å². The molecule has 1 N–H and O–H groups in total. The van der Waals surface area contributed by atoms with E-state index < -0.39 is 5.91 Å². The van der Waals surface area contributed by atoms with Crippen LogP contribution in [0.1, 0.15) is 50.4 Å².